The molecule has 0 unspecified atom stereocenters. The Morgan fingerprint density at radius 1 is 1.20 bits per heavy atom. The van der Waals surface area contributed by atoms with Crippen molar-refractivity contribution in [3.8, 4) is 6.07 Å². The number of nitriles is 1. The van der Waals surface area contributed by atoms with E-state index in [-0.39, 0.29) is 0 Å². The van der Waals surface area contributed by atoms with Gasteiger partial charge >= 0.3 is 0 Å². The summed E-state index contributed by atoms with van der Waals surface area (Å²) in [5, 5.41) is 8.35. The fourth-order valence-electron chi connectivity index (χ4n) is 1.75. The number of rotatable bonds is 7. The summed E-state index contributed by atoms with van der Waals surface area (Å²) in [4.78, 5) is 0. The van der Waals surface area contributed by atoms with E-state index in [1.807, 2.05) is 0 Å². The van der Waals surface area contributed by atoms with Crippen LogP contribution in [0.5, 0.6) is 0 Å². The lowest BCUT2D eigenvalue weighted by atomic mass is 10.0. The van der Waals surface area contributed by atoms with E-state index in [9.17, 15) is 0 Å². The first-order chi connectivity index (χ1) is 7.43. The minimum Gasteiger partial charge on any atom is -0.381 e. The Hall–Kier alpha value is -0.590. The quantitative estimate of drug-likeness (QED) is 0.608. The average Bonchev–Trinajstić information content (AvgIpc) is 2.29. The number of unbranched alkanes of at least 4 members (excludes halogenated alkanes) is 3. The minimum absolute atomic E-state index is 0.681. The maximum absolute atomic E-state index is 8.35. The molecule has 15 heavy (non-hydrogen) atoms. The van der Waals surface area contributed by atoms with Crippen LogP contribution < -0.4 is 0 Å². The number of ether oxygens (including phenoxy) is 2. The van der Waals surface area contributed by atoms with Gasteiger partial charge in [-0.05, 0) is 31.6 Å². The van der Waals surface area contributed by atoms with Crippen LogP contribution in [0, 0.1) is 17.2 Å². The largest absolute Gasteiger partial charge is 0.381 e. The fourth-order valence-corrected chi connectivity index (χ4v) is 1.75. The molecule has 0 aromatic carbocycles. The van der Waals surface area contributed by atoms with Crippen molar-refractivity contribution in [2.45, 2.75) is 38.5 Å². The highest BCUT2D eigenvalue weighted by molar-refractivity contribution is 4.67. The fraction of sp³-hybridized carbons (Fsp3) is 0.917. The maximum Gasteiger partial charge on any atom is 0.0621 e. The Morgan fingerprint density at radius 3 is 2.73 bits per heavy atom. The van der Waals surface area contributed by atoms with E-state index in [2.05, 4.69) is 6.07 Å². The van der Waals surface area contributed by atoms with Crippen molar-refractivity contribution in [2.75, 3.05) is 26.4 Å². The van der Waals surface area contributed by atoms with Crippen molar-refractivity contribution < 1.29 is 9.47 Å². The number of hydrogen-bond donors (Lipinski definition) is 0. The molecular formula is C12H21NO2. The topological polar surface area (TPSA) is 42.2 Å². The Bertz CT molecular complexity index is 183. The second-order valence-corrected chi connectivity index (χ2v) is 4.10. The van der Waals surface area contributed by atoms with Gasteiger partial charge in [0.2, 0.25) is 0 Å². The average molecular weight is 211 g/mol. The molecule has 0 bridgehead atoms. The van der Waals surface area contributed by atoms with E-state index >= 15 is 0 Å². The normalized spacial score (nSPS) is 17.5. The van der Waals surface area contributed by atoms with E-state index in [1.54, 1.807) is 0 Å². The van der Waals surface area contributed by atoms with E-state index in [0.717, 1.165) is 58.5 Å². The van der Waals surface area contributed by atoms with Crippen molar-refractivity contribution in [1.29, 1.82) is 5.26 Å². The zero-order valence-corrected chi connectivity index (χ0v) is 9.41. The van der Waals surface area contributed by atoms with Gasteiger partial charge in [0, 0.05) is 32.8 Å². The predicted molar refractivity (Wildman–Crippen MR) is 58.4 cm³/mol. The predicted octanol–water partition coefficient (Wildman–Crippen LogP) is 2.51. The van der Waals surface area contributed by atoms with Crippen LogP contribution >= 0.6 is 0 Å². The summed E-state index contributed by atoms with van der Waals surface area (Å²) in [6, 6.07) is 2.16. The van der Waals surface area contributed by atoms with Crippen LogP contribution in [-0.2, 0) is 9.47 Å². The summed E-state index contributed by atoms with van der Waals surface area (Å²) in [6.45, 7) is 3.54. The summed E-state index contributed by atoms with van der Waals surface area (Å²) < 4.78 is 10.9. The van der Waals surface area contributed by atoms with Gasteiger partial charge < -0.3 is 9.47 Å². The van der Waals surface area contributed by atoms with Gasteiger partial charge in [-0.1, -0.05) is 6.42 Å². The number of nitrogens with zero attached hydrogens (tertiary/aromatic N) is 1. The highest BCUT2D eigenvalue weighted by Gasteiger charge is 2.13. The lowest BCUT2D eigenvalue weighted by molar-refractivity contribution is 0.0198. The van der Waals surface area contributed by atoms with Gasteiger partial charge in [0.15, 0.2) is 0 Å². The first-order valence-electron chi connectivity index (χ1n) is 5.96. The zero-order valence-electron chi connectivity index (χ0n) is 9.41. The van der Waals surface area contributed by atoms with E-state index in [4.69, 9.17) is 14.7 Å². The molecule has 1 rings (SSSR count). The minimum atomic E-state index is 0.681. The molecule has 1 heterocycles. The number of hydrogen-bond acceptors (Lipinski definition) is 3. The van der Waals surface area contributed by atoms with Crippen molar-refractivity contribution >= 4 is 0 Å². The second-order valence-electron chi connectivity index (χ2n) is 4.10. The zero-order chi connectivity index (χ0) is 10.8. The van der Waals surface area contributed by atoms with E-state index in [1.165, 1.54) is 0 Å². The first-order valence-corrected chi connectivity index (χ1v) is 5.96. The molecule has 3 heteroatoms. The van der Waals surface area contributed by atoms with Crippen molar-refractivity contribution in [1.82, 2.24) is 0 Å². The van der Waals surface area contributed by atoms with Gasteiger partial charge in [-0.3, -0.25) is 0 Å². The summed E-state index contributed by atoms with van der Waals surface area (Å²) in [5.74, 6) is 0.706. The Morgan fingerprint density at radius 2 is 2.00 bits per heavy atom. The molecule has 1 aliphatic rings. The molecule has 0 atom stereocenters. The van der Waals surface area contributed by atoms with Gasteiger partial charge in [-0.2, -0.15) is 5.26 Å². The van der Waals surface area contributed by atoms with Gasteiger partial charge in [-0.15, -0.1) is 0 Å². The molecule has 0 N–H and O–H groups in total. The Balaban J connectivity index is 1.82. The van der Waals surface area contributed by atoms with Crippen LogP contribution in [0.1, 0.15) is 38.5 Å². The maximum atomic E-state index is 8.35. The molecule has 0 amide bonds. The molecule has 1 aliphatic heterocycles. The third-order valence-electron chi connectivity index (χ3n) is 2.77. The monoisotopic (exact) mass is 211 g/mol. The summed E-state index contributed by atoms with van der Waals surface area (Å²) in [5.41, 5.74) is 0. The molecule has 1 fully saturated rings. The lowest BCUT2D eigenvalue weighted by Crippen LogP contribution is -2.20. The SMILES string of the molecule is N#CCCCCCOCC1CCOCC1. The molecule has 3 nitrogen and oxygen atoms in total. The summed E-state index contributed by atoms with van der Waals surface area (Å²) >= 11 is 0. The van der Waals surface area contributed by atoms with Crippen LogP contribution in [-0.4, -0.2) is 26.4 Å². The van der Waals surface area contributed by atoms with Gasteiger partial charge in [0.25, 0.3) is 0 Å². The summed E-state index contributed by atoms with van der Waals surface area (Å²) in [7, 11) is 0. The standard InChI is InChI=1S/C12H21NO2/c13-7-3-1-2-4-8-15-11-12-5-9-14-10-6-12/h12H,1-6,8-11H2. The first kappa shape index (κ1) is 12.5. The molecule has 0 aromatic rings. The van der Waals surface area contributed by atoms with E-state index < -0.39 is 0 Å². The Kier molecular flexibility index (Phi) is 7.24. The van der Waals surface area contributed by atoms with E-state index in [0.29, 0.717) is 12.3 Å². The molecule has 0 saturated carbocycles. The van der Waals surface area contributed by atoms with Crippen LogP contribution in [0.15, 0.2) is 0 Å². The Labute approximate surface area is 92.4 Å². The van der Waals surface area contributed by atoms with Crippen LogP contribution in [0.25, 0.3) is 0 Å². The van der Waals surface area contributed by atoms with Gasteiger partial charge in [0.05, 0.1) is 6.07 Å². The highest BCUT2D eigenvalue weighted by atomic mass is 16.5. The second kappa shape index (κ2) is 8.70. The lowest BCUT2D eigenvalue weighted by Gasteiger charge is -2.21. The van der Waals surface area contributed by atoms with Crippen LogP contribution in [0.3, 0.4) is 0 Å². The molecule has 0 radical (unpaired) electrons. The molecular weight excluding hydrogens is 190 g/mol. The van der Waals surface area contributed by atoms with Gasteiger partial charge in [-0.25, -0.2) is 0 Å². The molecule has 0 aromatic heterocycles. The van der Waals surface area contributed by atoms with Crippen molar-refractivity contribution in [3.63, 3.8) is 0 Å². The van der Waals surface area contributed by atoms with Crippen molar-refractivity contribution in [2.24, 2.45) is 5.92 Å². The van der Waals surface area contributed by atoms with Crippen LogP contribution in [0.2, 0.25) is 0 Å². The third-order valence-corrected chi connectivity index (χ3v) is 2.77. The summed E-state index contributed by atoms with van der Waals surface area (Å²) in [6.07, 6.45) is 6.19. The molecule has 0 aliphatic carbocycles. The van der Waals surface area contributed by atoms with Gasteiger partial charge in [0.1, 0.15) is 0 Å². The van der Waals surface area contributed by atoms with Crippen LogP contribution in [0.4, 0.5) is 0 Å². The highest BCUT2D eigenvalue weighted by Crippen LogP contribution is 2.14. The third kappa shape index (κ3) is 6.48. The molecule has 0 spiro atoms. The molecule has 86 valence electrons. The molecule has 1 saturated heterocycles. The smallest absolute Gasteiger partial charge is 0.0621 e. The van der Waals surface area contributed by atoms with Crippen molar-refractivity contribution in [3.05, 3.63) is 0 Å².